The highest BCUT2D eigenvalue weighted by Gasteiger charge is 2.38. The first-order chi connectivity index (χ1) is 9.25. The molecule has 6 heteroatoms. The lowest BCUT2D eigenvalue weighted by atomic mass is 9.82. The number of rotatable bonds is 3. The summed E-state index contributed by atoms with van der Waals surface area (Å²) in [5.74, 6) is -0.195. The summed E-state index contributed by atoms with van der Waals surface area (Å²) in [5, 5.41) is 4.39. The van der Waals surface area contributed by atoms with Crippen LogP contribution in [0, 0.1) is 12.3 Å². The molecule has 2 rings (SSSR count). The number of piperidine rings is 1. The van der Waals surface area contributed by atoms with Gasteiger partial charge in [-0.1, -0.05) is 13.8 Å². The van der Waals surface area contributed by atoms with Crippen LogP contribution in [0.25, 0.3) is 0 Å². The van der Waals surface area contributed by atoms with Gasteiger partial charge < -0.3 is 0 Å². The number of amides is 2. The van der Waals surface area contributed by atoms with E-state index in [-0.39, 0.29) is 17.2 Å². The molecule has 0 atom stereocenters. The third-order valence-corrected chi connectivity index (χ3v) is 4.65. The Morgan fingerprint density at radius 1 is 1.25 bits per heavy atom. The number of likely N-dealkylation sites (tertiary alicyclic amines) is 1. The molecule has 1 aliphatic heterocycles. The summed E-state index contributed by atoms with van der Waals surface area (Å²) in [7, 11) is 0. The number of nitrogens with zero attached hydrogens (tertiary/aromatic N) is 3. The van der Waals surface area contributed by atoms with E-state index in [0.29, 0.717) is 25.9 Å². The van der Waals surface area contributed by atoms with Gasteiger partial charge in [0.25, 0.3) is 0 Å². The maximum absolute atomic E-state index is 12.2. The van der Waals surface area contributed by atoms with Crippen molar-refractivity contribution in [3.05, 3.63) is 15.9 Å². The van der Waals surface area contributed by atoms with E-state index in [2.05, 4.69) is 21.0 Å². The molecule has 1 saturated heterocycles. The van der Waals surface area contributed by atoms with Crippen molar-refractivity contribution in [2.75, 3.05) is 0 Å². The topological polar surface area (TPSA) is 55.2 Å². The van der Waals surface area contributed by atoms with E-state index in [1.54, 1.807) is 0 Å². The van der Waals surface area contributed by atoms with Crippen LogP contribution < -0.4 is 0 Å². The Morgan fingerprint density at radius 3 is 2.30 bits per heavy atom. The number of carbonyl (C=O) groups is 2. The first-order valence-corrected chi connectivity index (χ1v) is 7.59. The first-order valence-electron chi connectivity index (χ1n) is 6.80. The van der Waals surface area contributed by atoms with Crippen LogP contribution in [0.4, 0.5) is 0 Å². The largest absolute Gasteiger partial charge is 0.276 e. The van der Waals surface area contributed by atoms with Crippen LogP contribution in [0.3, 0.4) is 0 Å². The molecule has 1 aromatic rings. The molecular weight excluding hydrogens is 322 g/mol. The van der Waals surface area contributed by atoms with Gasteiger partial charge in [-0.05, 0) is 35.2 Å². The van der Waals surface area contributed by atoms with Crippen LogP contribution in [0.1, 0.15) is 45.0 Å². The summed E-state index contributed by atoms with van der Waals surface area (Å²) in [6.45, 7) is 8.81. The molecule has 0 spiro atoms. The SMILES string of the molecule is CCn1nc(C)c(Br)c1CN1C(=O)CC(C)(C)CC1=O. The quantitative estimate of drug-likeness (QED) is 0.794. The van der Waals surface area contributed by atoms with E-state index in [0.717, 1.165) is 15.9 Å². The summed E-state index contributed by atoms with van der Waals surface area (Å²) in [6.07, 6.45) is 0.825. The summed E-state index contributed by atoms with van der Waals surface area (Å²) in [5.41, 5.74) is 1.52. The molecule has 1 aromatic heterocycles. The van der Waals surface area contributed by atoms with Crippen molar-refractivity contribution in [1.29, 1.82) is 0 Å². The van der Waals surface area contributed by atoms with Gasteiger partial charge in [-0.3, -0.25) is 19.2 Å². The molecule has 20 heavy (non-hydrogen) atoms. The van der Waals surface area contributed by atoms with Crippen LogP contribution in [0.2, 0.25) is 0 Å². The fraction of sp³-hybridized carbons (Fsp3) is 0.643. The number of carbonyl (C=O) groups excluding carboxylic acids is 2. The zero-order valence-electron chi connectivity index (χ0n) is 12.4. The van der Waals surface area contributed by atoms with Crippen molar-refractivity contribution in [2.24, 2.45) is 5.41 Å². The molecule has 0 bridgehead atoms. The summed E-state index contributed by atoms with van der Waals surface area (Å²) < 4.78 is 2.71. The zero-order valence-corrected chi connectivity index (χ0v) is 14.0. The van der Waals surface area contributed by atoms with Crippen LogP contribution in [-0.4, -0.2) is 26.5 Å². The predicted octanol–water partition coefficient (Wildman–Crippen LogP) is 2.65. The van der Waals surface area contributed by atoms with Gasteiger partial charge in [-0.2, -0.15) is 5.10 Å². The van der Waals surface area contributed by atoms with E-state index in [1.165, 1.54) is 4.90 Å². The van der Waals surface area contributed by atoms with Gasteiger partial charge in [0, 0.05) is 19.4 Å². The highest BCUT2D eigenvalue weighted by Crippen LogP contribution is 2.33. The Hall–Kier alpha value is -1.17. The van der Waals surface area contributed by atoms with E-state index in [9.17, 15) is 9.59 Å². The van der Waals surface area contributed by atoms with E-state index in [1.807, 2.05) is 32.4 Å². The smallest absolute Gasteiger partial charge is 0.230 e. The molecule has 110 valence electrons. The number of aromatic nitrogens is 2. The summed E-state index contributed by atoms with van der Waals surface area (Å²) >= 11 is 3.50. The fourth-order valence-corrected chi connectivity index (χ4v) is 2.97. The first kappa shape index (κ1) is 15.2. The van der Waals surface area contributed by atoms with Crippen molar-refractivity contribution >= 4 is 27.7 Å². The lowest BCUT2D eigenvalue weighted by Gasteiger charge is -2.34. The second kappa shape index (κ2) is 5.31. The average molecular weight is 342 g/mol. The van der Waals surface area contributed by atoms with Crippen LogP contribution in [0.5, 0.6) is 0 Å². The molecule has 5 nitrogen and oxygen atoms in total. The molecule has 2 heterocycles. The zero-order chi connectivity index (χ0) is 15.1. The normalized spacial score (nSPS) is 18.8. The van der Waals surface area contributed by atoms with Gasteiger partial charge in [0.1, 0.15) is 0 Å². The molecule has 0 unspecified atom stereocenters. The van der Waals surface area contributed by atoms with E-state index < -0.39 is 0 Å². The van der Waals surface area contributed by atoms with Gasteiger partial charge >= 0.3 is 0 Å². The molecule has 0 aliphatic carbocycles. The van der Waals surface area contributed by atoms with Gasteiger partial charge in [0.15, 0.2) is 0 Å². The molecule has 0 radical (unpaired) electrons. The van der Waals surface area contributed by atoms with Crippen molar-refractivity contribution in [1.82, 2.24) is 14.7 Å². The van der Waals surface area contributed by atoms with Crippen molar-refractivity contribution < 1.29 is 9.59 Å². The fourth-order valence-electron chi connectivity index (χ4n) is 2.56. The summed E-state index contributed by atoms with van der Waals surface area (Å²) in [4.78, 5) is 25.8. The molecule has 0 saturated carbocycles. The van der Waals surface area contributed by atoms with Crippen LogP contribution >= 0.6 is 15.9 Å². The predicted molar refractivity (Wildman–Crippen MR) is 78.9 cm³/mol. The lowest BCUT2D eigenvalue weighted by Crippen LogP contribution is -2.45. The molecule has 2 amide bonds. The molecule has 0 N–H and O–H groups in total. The van der Waals surface area contributed by atoms with Gasteiger partial charge in [0.05, 0.1) is 22.4 Å². The number of aryl methyl sites for hydroxylation is 2. The van der Waals surface area contributed by atoms with E-state index in [4.69, 9.17) is 0 Å². The van der Waals surface area contributed by atoms with Crippen LogP contribution in [0.15, 0.2) is 4.47 Å². The van der Waals surface area contributed by atoms with Crippen LogP contribution in [-0.2, 0) is 22.7 Å². The number of halogens is 1. The highest BCUT2D eigenvalue weighted by atomic mass is 79.9. The van der Waals surface area contributed by atoms with Crippen molar-refractivity contribution in [2.45, 2.75) is 53.6 Å². The third-order valence-electron chi connectivity index (χ3n) is 3.62. The lowest BCUT2D eigenvalue weighted by molar-refractivity contribution is -0.153. The summed E-state index contributed by atoms with van der Waals surface area (Å²) in [6, 6.07) is 0. The minimum Gasteiger partial charge on any atom is -0.276 e. The Morgan fingerprint density at radius 2 is 1.80 bits per heavy atom. The number of hydrogen-bond donors (Lipinski definition) is 0. The van der Waals surface area contributed by atoms with Gasteiger partial charge in [-0.15, -0.1) is 0 Å². The van der Waals surface area contributed by atoms with Gasteiger partial charge in [-0.25, -0.2) is 0 Å². The van der Waals surface area contributed by atoms with Crippen molar-refractivity contribution in [3.8, 4) is 0 Å². The average Bonchev–Trinajstić information content (AvgIpc) is 2.59. The molecular formula is C14H20BrN3O2. The molecule has 1 fully saturated rings. The molecule has 0 aromatic carbocycles. The Labute approximate surface area is 127 Å². The number of imide groups is 1. The Bertz CT molecular complexity index is 543. The standard InChI is InChI=1S/C14H20BrN3O2/c1-5-18-10(13(15)9(2)16-18)8-17-11(19)6-14(3,4)7-12(17)20/h5-8H2,1-4H3. The maximum Gasteiger partial charge on any atom is 0.230 e. The maximum atomic E-state index is 12.2. The minimum absolute atomic E-state index is 0.0975. The second-order valence-corrected chi connectivity index (χ2v) is 6.85. The Balaban J connectivity index is 2.26. The third kappa shape index (κ3) is 2.80. The molecule has 1 aliphatic rings. The highest BCUT2D eigenvalue weighted by molar-refractivity contribution is 9.10. The second-order valence-electron chi connectivity index (χ2n) is 6.05. The monoisotopic (exact) mass is 341 g/mol. The van der Waals surface area contributed by atoms with E-state index >= 15 is 0 Å². The Kier molecular flexibility index (Phi) is 4.04. The van der Waals surface area contributed by atoms with Gasteiger partial charge in [0.2, 0.25) is 11.8 Å². The van der Waals surface area contributed by atoms with Crippen molar-refractivity contribution in [3.63, 3.8) is 0 Å². The number of hydrogen-bond acceptors (Lipinski definition) is 3. The minimum atomic E-state index is -0.233.